The van der Waals surface area contributed by atoms with E-state index in [-0.39, 0.29) is 5.91 Å². The molecule has 1 aromatic carbocycles. The van der Waals surface area contributed by atoms with Gasteiger partial charge in [-0.3, -0.25) is 9.48 Å². The average molecular weight is 325 g/mol. The van der Waals surface area contributed by atoms with Crippen molar-refractivity contribution in [1.29, 1.82) is 0 Å². The Morgan fingerprint density at radius 3 is 2.62 bits per heavy atom. The van der Waals surface area contributed by atoms with Gasteiger partial charge in [0.25, 0.3) is 5.91 Å². The highest BCUT2D eigenvalue weighted by atomic mass is 16.1. The summed E-state index contributed by atoms with van der Waals surface area (Å²) < 4.78 is 3.39. The minimum absolute atomic E-state index is 0.144. The molecule has 0 fully saturated rings. The molecule has 0 aliphatic heterocycles. The van der Waals surface area contributed by atoms with Crippen LogP contribution in [0.2, 0.25) is 0 Å². The van der Waals surface area contributed by atoms with Gasteiger partial charge in [-0.1, -0.05) is 12.1 Å². The topological polar surface area (TPSA) is 90.5 Å². The standard InChI is InChI=1S/C16H19N7O/c1-10-14(11(2)22(3)19-10)9-17-16(24)13-7-5-6-12(8-13)15-18-20-21-23(15)4/h5-8H,9H2,1-4H3,(H,17,24). The molecular weight excluding hydrogens is 306 g/mol. The molecule has 2 heterocycles. The van der Waals surface area contributed by atoms with Crippen LogP contribution in [0.25, 0.3) is 11.4 Å². The van der Waals surface area contributed by atoms with Crippen LogP contribution in [0, 0.1) is 13.8 Å². The normalized spacial score (nSPS) is 10.8. The van der Waals surface area contributed by atoms with Gasteiger partial charge in [-0.2, -0.15) is 5.10 Å². The second-order valence-electron chi connectivity index (χ2n) is 5.66. The third-order valence-corrected chi connectivity index (χ3v) is 4.09. The van der Waals surface area contributed by atoms with Crippen molar-refractivity contribution < 1.29 is 4.79 Å². The van der Waals surface area contributed by atoms with Crippen molar-refractivity contribution in [2.75, 3.05) is 0 Å². The van der Waals surface area contributed by atoms with Crippen molar-refractivity contribution in [2.24, 2.45) is 14.1 Å². The summed E-state index contributed by atoms with van der Waals surface area (Å²) >= 11 is 0. The number of carbonyl (C=O) groups excluding carboxylic acids is 1. The molecule has 0 saturated heterocycles. The minimum Gasteiger partial charge on any atom is -0.348 e. The second-order valence-corrected chi connectivity index (χ2v) is 5.66. The lowest BCUT2D eigenvalue weighted by Gasteiger charge is -2.07. The van der Waals surface area contributed by atoms with E-state index >= 15 is 0 Å². The molecule has 8 nitrogen and oxygen atoms in total. The van der Waals surface area contributed by atoms with E-state index in [0.29, 0.717) is 17.9 Å². The van der Waals surface area contributed by atoms with Gasteiger partial charge < -0.3 is 5.32 Å². The van der Waals surface area contributed by atoms with Crippen molar-refractivity contribution in [3.63, 3.8) is 0 Å². The lowest BCUT2D eigenvalue weighted by Crippen LogP contribution is -2.23. The summed E-state index contributed by atoms with van der Waals surface area (Å²) in [7, 11) is 3.65. The van der Waals surface area contributed by atoms with Crippen LogP contribution in [0.15, 0.2) is 24.3 Å². The molecule has 1 amide bonds. The van der Waals surface area contributed by atoms with E-state index in [0.717, 1.165) is 22.5 Å². The van der Waals surface area contributed by atoms with Crippen LogP contribution in [0.4, 0.5) is 0 Å². The van der Waals surface area contributed by atoms with Crippen LogP contribution >= 0.6 is 0 Å². The lowest BCUT2D eigenvalue weighted by molar-refractivity contribution is 0.0951. The Morgan fingerprint density at radius 2 is 2.00 bits per heavy atom. The quantitative estimate of drug-likeness (QED) is 0.777. The molecule has 0 spiro atoms. The van der Waals surface area contributed by atoms with Crippen molar-refractivity contribution >= 4 is 5.91 Å². The first-order valence-electron chi connectivity index (χ1n) is 7.57. The number of nitrogens with zero attached hydrogens (tertiary/aromatic N) is 6. The first-order valence-corrected chi connectivity index (χ1v) is 7.57. The van der Waals surface area contributed by atoms with E-state index < -0.39 is 0 Å². The predicted molar refractivity (Wildman–Crippen MR) is 88.1 cm³/mol. The molecule has 0 aliphatic rings. The van der Waals surface area contributed by atoms with Crippen molar-refractivity contribution in [3.05, 3.63) is 46.8 Å². The smallest absolute Gasteiger partial charge is 0.251 e. The van der Waals surface area contributed by atoms with E-state index in [1.807, 2.05) is 37.7 Å². The minimum atomic E-state index is -0.144. The molecule has 24 heavy (non-hydrogen) atoms. The van der Waals surface area contributed by atoms with E-state index in [4.69, 9.17) is 0 Å². The number of aromatic nitrogens is 6. The maximum atomic E-state index is 12.5. The van der Waals surface area contributed by atoms with Crippen LogP contribution in [-0.2, 0) is 20.6 Å². The van der Waals surface area contributed by atoms with Crippen molar-refractivity contribution in [2.45, 2.75) is 20.4 Å². The van der Waals surface area contributed by atoms with Gasteiger partial charge in [0.1, 0.15) is 0 Å². The molecular formula is C16H19N7O. The highest BCUT2D eigenvalue weighted by Gasteiger charge is 2.13. The Morgan fingerprint density at radius 1 is 1.21 bits per heavy atom. The van der Waals surface area contributed by atoms with Gasteiger partial charge >= 0.3 is 0 Å². The van der Waals surface area contributed by atoms with Crippen molar-refractivity contribution in [1.82, 2.24) is 35.3 Å². The van der Waals surface area contributed by atoms with Crippen LogP contribution in [-0.4, -0.2) is 35.9 Å². The third-order valence-electron chi connectivity index (χ3n) is 4.09. The third kappa shape index (κ3) is 2.90. The maximum absolute atomic E-state index is 12.5. The number of benzene rings is 1. The highest BCUT2D eigenvalue weighted by Crippen LogP contribution is 2.17. The van der Waals surface area contributed by atoms with Gasteiger partial charge in [-0.15, -0.1) is 5.10 Å². The number of amides is 1. The van der Waals surface area contributed by atoms with Crippen LogP contribution < -0.4 is 5.32 Å². The summed E-state index contributed by atoms with van der Waals surface area (Å²) in [5.41, 5.74) is 4.37. The van der Waals surface area contributed by atoms with Gasteiger partial charge in [-0.05, 0) is 36.4 Å². The first kappa shape index (κ1) is 15.9. The zero-order valence-electron chi connectivity index (χ0n) is 14.1. The number of aryl methyl sites for hydroxylation is 3. The molecule has 0 saturated carbocycles. The number of carbonyl (C=O) groups is 1. The molecule has 3 aromatic rings. The van der Waals surface area contributed by atoms with E-state index in [1.54, 1.807) is 23.9 Å². The molecule has 3 rings (SSSR count). The number of hydrogen-bond acceptors (Lipinski definition) is 5. The number of rotatable bonds is 4. The Hall–Kier alpha value is -3.03. The van der Waals surface area contributed by atoms with Crippen LogP contribution in [0.5, 0.6) is 0 Å². The summed E-state index contributed by atoms with van der Waals surface area (Å²) in [6, 6.07) is 7.24. The Kier molecular flexibility index (Phi) is 4.11. The fourth-order valence-electron chi connectivity index (χ4n) is 2.62. The van der Waals surface area contributed by atoms with Crippen molar-refractivity contribution in [3.8, 4) is 11.4 Å². The summed E-state index contributed by atoms with van der Waals surface area (Å²) in [6.45, 7) is 4.37. The SMILES string of the molecule is Cc1nn(C)c(C)c1CNC(=O)c1cccc(-c2nnnn2C)c1. The molecule has 2 aromatic heterocycles. The Balaban J connectivity index is 1.77. The van der Waals surface area contributed by atoms with Crippen LogP contribution in [0.1, 0.15) is 27.3 Å². The number of tetrazole rings is 1. The molecule has 1 N–H and O–H groups in total. The van der Waals surface area contributed by atoms with Gasteiger partial charge in [-0.25, -0.2) is 4.68 Å². The van der Waals surface area contributed by atoms with Gasteiger partial charge in [0.05, 0.1) is 5.69 Å². The van der Waals surface area contributed by atoms with E-state index in [9.17, 15) is 4.79 Å². The fourth-order valence-corrected chi connectivity index (χ4v) is 2.62. The molecule has 0 bridgehead atoms. The van der Waals surface area contributed by atoms with Crippen LogP contribution in [0.3, 0.4) is 0 Å². The average Bonchev–Trinajstić information content (AvgIpc) is 3.09. The highest BCUT2D eigenvalue weighted by molar-refractivity contribution is 5.95. The summed E-state index contributed by atoms with van der Waals surface area (Å²) in [6.07, 6.45) is 0. The zero-order valence-corrected chi connectivity index (χ0v) is 14.1. The largest absolute Gasteiger partial charge is 0.348 e. The Labute approximate surface area is 139 Å². The summed E-state index contributed by atoms with van der Waals surface area (Å²) in [4.78, 5) is 12.5. The zero-order chi connectivity index (χ0) is 17.3. The second kappa shape index (κ2) is 6.23. The monoisotopic (exact) mass is 325 g/mol. The number of hydrogen-bond donors (Lipinski definition) is 1. The molecule has 124 valence electrons. The molecule has 0 atom stereocenters. The molecule has 0 aliphatic carbocycles. The summed E-state index contributed by atoms with van der Waals surface area (Å²) in [5, 5.41) is 18.7. The molecule has 0 unspecified atom stereocenters. The molecule has 8 heteroatoms. The predicted octanol–water partition coefficient (Wildman–Crippen LogP) is 1.16. The van der Waals surface area contributed by atoms with Gasteiger partial charge in [0.2, 0.25) is 0 Å². The molecule has 0 radical (unpaired) electrons. The van der Waals surface area contributed by atoms with E-state index in [1.165, 1.54) is 0 Å². The van der Waals surface area contributed by atoms with E-state index in [2.05, 4.69) is 25.9 Å². The fraction of sp³-hybridized carbons (Fsp3) is 0.312. The summed E-state index contributed by atoms with van der Waals surface area (Å²) in [5.74, 6) is 0.471. The lowest BCUT2D eigenvalue weighted by atomic mass is 10.1. The Bertz CT molecular complexity index is 894. The maximum Gasteiger partial charge on any atom is 0.251 e. The first-order chi connectivity index (χ1) is 11.5. The van der Waals surface area contributed by atoms with Gasteiger partial charge in [0, 0.05) is 43.0 Å². The number of nitrogens with one attached hydrogen (secondary N) is 1. The van der Waals surface area contributed by atoms with Gasteiger partial charge in [0.15, 0.2) is 5.82 Å².